The maximum Gasteiger partial charge on any atom is 0.410 e. The highest BCUT2D eigenvalue weighted by Gasteiger charge is 2.42. The van der Waals surface area contributed by atoms with E-state index in [9.17, 15) is 9.59 Å². The number of likely N-dealkylation sites (tertiary alicyclic amines) is 2. The van der Waals surface area contributed by atoms with Crippen LogP contribution in [0.4, 0.5) is 4.79 Å². The summed E-state index contributed by atoms with van der Waals surface area (Å²) in [4.78, 5) is 28.7. The summed E-state index contributed by atoms with van der Waals surface area (Å²) in [5.74, 6) is 0.112. The minimum Gasteiger partial charge on any atom is -0.453 e. The molecule has 3 rings (SSSR count). The van der Waals surface area contributed by atoms with Crippen molar-refractivity contribution in [2.75, 3.05) is 40.0 Å². The maximum absolute atomic E-state index is 13.1. The first-order valence-corrected chi connectivity index (χ1v) is 8.86. The van der Waals surface area contributed by atoms with Crippen molar-refractivity contribution in [3.05, 3.63) is 0 Å². The van der Waals surface area contributed by atoms with E-state index in [2.05, 4.69) is 0 Å². The van der Waals surface area contributed by atoms with Crippen LogP contribution in [-0.2, 0) is 14.3 Å². The minimum atomic E-state index is -0.374. The molecular weight excluding hydrogens is 296 g/mol. The van der Waals surface area contributed by atoms with E-state index in [1.54, 1.807) is 4.90 Å². The van der Waals surface area contributed by atoms with Gasteiger partial charge in [0.25, 0.3) is 0 Å². The van der Waals surface area contributed by atoms with E-state index in [4.69, 9.17) is 9.47 Å². The molecule has 3 aliphatic heterocycles. The van der Waals surface area contributed by atoms with Gasteiger partial charge in [-0.05, 0) is 50.4 Å². The Morgan fingerprint density at radius 2 is 1.87 bits per heavy atom. The predicted molar refractivity (Wildman–Crippen MR) is 85.1 cm³/mol. The third kappa shape index (κ3) is 3.47. The third-order valence-electron chi connectivity index (χ3n) is 5.72. The van der Waals surface area contributed by atoms with Gasteiger partial charge in [0.2, 0.25) is 5.91 Å². The summed E-state index contributed by atoms with van der Waals surface area (Å²) in [7, 11) is 1.39. The largest absolute Gasteiger partial charge is 0.453 e. The molecule has 0 aromatic heterocycles. The number of piperidine rings is 2. The van der Waals surface area contributed by atoms with Crippen molar-refractivity contribution in [1.29, 1.82) is 0 Å². The van der Waals surface area contributed by atoms with Crippen LogP contribution in [0.1, 0.15) is 44.9 Å². The van der Waals surface area contributed by atoms with Crippen LogP contribution < -0.4 is 0 Å². The number of methoxy groups -OCH3 is 1. The maximum atomic E-state index is 13.1. The zero-order valence-corrected chi connectivity index (χ0v) is 14.1. The van der Waals surface area contributed by atoms with Crippen molar-refractivity contribution < 1.29 is 19.1 Å². The normalized spacial score (nSPS) is 27.8. The summed E-state index contributed by atoms with van der Waals surface area (Å²) < 4.78 is 10.4. The van der Waals surface area contributed by atoms with Crippen molar-refractivity contribution in [3.63, 3.8) is 0 Å². The fraction of sp³-hybridized carbons (Fsp3) is 0.882. The van der Waals surface area contributed by atoms with Crippen molar-refractivity contribution >= 4 is 12.0 Å². The van der Waals surface area contributed by atoms with E-state index in [-0.39, 0.29) is 23.5 Å². The average Bonchev–Trinajstić information content (AvgIpc) is 2.61. The second kappa shape index (κ2) is 7.07. The molecule has 3 saturated heterocycles. The molecule has 0 bridgehead atoms. The number of ether oxygens (including phenoxy) is 2. The molecule has 6 heteroatoms. The molecule has 3 heterocycles. The molecule has 1 unspecified atom stereocenters. The van der Waals surface area contributed by atoms with E-state index in [1.807, 2.05) is 4.90 Å². The van der Waals surface area contributed by atoms with Crippen LogP contribution in [0.25, 0.3) is 0 Å². The van der Waals surface area contributed by atoms with Crippen molar-refractivity contribution in [1.82, 2.24) is 9.80 Å². The fourth-order valence-corrected chi connectivity index (χ4v) is 4.34. The lowest BCUT2D eigenvalue weighted by Gasteiger charge is -2.46. The number of nitrogens with zero attached hydrogens (tertiary/aromatic N) is 2. The standard InChI is InChI=1S/C17H28N2O4/c1-22-16(21)19-10-3-2-5-14(19)15(20)18-9-4-6-17(13-18)7-11-23-12-8-17/h14H,2-13H2,1H3. The van der Waals surface area contributed by atoms with Crippen LogP contribution in [0.15, 0.2) is 0 Å². The Morgan fingerprint density at radius 1 is 1.09 bits per heavy atom. The molecule has 0 aromatic carbocycles. The smallest absolute Gasteiger partial charge is 0.410 e. The molecule has 3 aliphatic rings. The van der Waals surface area contributed by atoms with Gasteiger partial charge in [-0.3, -0.25) is 9.69 Å². The molecule has 0 N–H and O–H groups in total. The predicted octanol–water partition coefficient (Wildman–Crippen LogP) is 2.03. The van der Waals surface area contributed by atoms with E-state index in [1.165, 1.54) is 13.5 Å². The Kier molecular flexibility index (Phi) is 5.09. The van der Waals surface area contributed by atoms with Crippen molar-refractivity contribution in [3.8, 4) is 0 Å². The molecule has 0 radical (unpaired) electrons. The minimum absolute atomic E-state index is 0.112. The molecule has 0 saturated carbocycles. The zero-order chi connectivity index (χ0) is 16.3. The first kappa shape index (κ1) is 16.6. The summed E-state index contributed by atoms with van der Waals surface area (Å²) >= 11 is 0. The first-order chi connectivity index (χ1) is 11.2. The third-order valence-corrected chi connectivity index (χ3v) is 5.72. The summed E-state index contributed by atoms with van der Waals surface area (Å²) in [6.45, 7) is 3.86. The number of carbonyl (C=O) groups is 2. The highest BCUT2D eigenvalue weighted by atomic mass is 16.5. The van der Waals surface area contributed by atoms with Crippen LogP contribution in [0.2, 0.25) is 0 Å². The molecule has 23 heavy (non-hydrogen) atoms. The van der Waals surface area contributed by atoms with Crippen molar-refractivity contribution in [2.45, 2.75) is 51.0 Å². The van der Waals surface area contributed by atoms with Gasteiger partial charge in [0.05, 0.1) is 7.11 Å². The molecule has 130 valence electrons. The van der Waals surface area contributed by atoms with Gasteiger partial charge in [0.15, 0.2) is 0 Å². The number of amides is 2. The van der Waals surface area contributed by atoms with Crippen LogP contribution >= 0.6 is 0 Å². The Balaban J connectivity index is 1.69. The van der Waals surface area contributed by atoms with Crippen LogP contribution in [-0.4, -0.2) is 67.8 Å². The number of carbonyl (C=O) groups excluding carboxylic acids is 2. The highest BCUT2D eigenvalue weighted by Crippen LogP contribution is 2.39. The SMILES string of the molecule is COC(=O)N1CCCCC1C(=O)N1CCCC2(CCOCC2)C1. The Hall–Kier alpha value is -1.30. The fourth-order valence-electron chi connectivity index (χ4n) is 4.34. The van der Waals surface area contributed by atoms with E-state index in [0.29, 0.717) is 6.54 Å². The van der Waals surface area contributed by atoms with Gasteiger partial charge in [0.1, 0.15) is 6.04 Å². The summed E-state index contributed by atoms with van der Waals surface area (Å²) in [6, 6.07) is -0.341. The lowest BCUT2D eigenvalue weighted by molar-refractivity contribution is -0.143. The van der Waals surface area contributed by atoms with Gasteiger partial charge >= 0.3 is 6.09 Å². The highest BCUT2D eigenvalue weighted by molar-refractivity contribution is 5.86. The summed E-state index contributed by atoms with van der Waals surface area (Å²) in [5.41, 5.74) is 0.233. The van der Waals surface area contributed by atoms with E-state index < -0.39 is 0 Å². The topological polar surface area (TPSA) is 59.1 Å². The molecular formula is C17H28N2O4. The van der Waals surface area contributed by atoms with Gasteiger partial charge < -0.3 is 14.4 Å². The van der Waals surface area contributed by atoms with Gasteiger partial charge in [0, 0.05) is 32.8 Å². The van der Waals surface area contributed by atoms with Crippen LogP contribution in [0.3, 0.4) is 0 Å². The van der Waals surface area contributed by atoms with E-state index >= 15 is 0 Å². The van der Waals surface area contributed by atoms with Crippen molar-refractivity contribution in [2.24, 2.45) is 5.41 Å². The van der Waals surface area contributed by atoms with Gasteiger partial charge in [-0.2, -0.15) is 0 Å². The molecule has 0 aliphatic carbocycles. The van der Waals surface area contributed by atoms with E-state index in [0.717, 1.165) is 64.8 Å². The zero-order valence-electron chi connectivity index (χ0n) is 14.1. The molecule has 6 nitrogen and oxygen atoms in total. The average molecular weight is 324 g/mol. The molecule has 1 spiro atoms. The summed E-state index contributed by atoms with van der Waals surface area (Å²) in [5, 5.41) is 0. The monoisotopic (exact) mass is 324 g/mol. The molecule has 1 atom stereocenters. The van der Waals surface area contributed by atoms with Crippen LogP contribution in [0.5, 0.6) is 0 Å². The first-order valence-electron chi connectivity index (χ1n) is 8.86. The second-order valence-electron chi connectivity index (χ2n) is 7.15. The Morgan fingerprint density at radius 3 is 2.61 bits per heavy atom. The number of hydrogen-bond acceptors (Lipinski definition) is 4. The van der Waals surface area contributed by atoms with Gasteiger partial charge in [-0.1, -0.05) is 0 Å². The van der Waals surface area contributed by atoms with Crippen LogP contribution in [0, 0.1) is 5.41 Å². The van der Waals surface area contributed by atoms with Gasteiger partial charge in [-0.15, -0.1) is 0 Å². The number of rotatable bonds is 1. The quantitative estimate of drug-likeness (QED) is 0.740. The lowest BCUT2D eigenvalue weighted by Crippen LogP contribution is -2.56. The number of hydrogen-bond donors (Lipinski definition) is 0. The summed E-state index contributed by atoms with van der Waals surface area (Å²) in [6.07, 6.45) is 6.64. The Labute approximate surface area is 138 Å². The molecule has 3 fully saturated rings. The second-order valence-corrected chi connectivity index (χ2v) is 7.15. The lowest BCUT2D eigenvalue weighted by atomic mass is 9.73. The van der Waals surface area contributed by atoms with Gasteiger partial charge in [-0.25, -0.2) is 4.79 Å². The molecule has 2 amide bonds. The Bertz CT molecular complexity index is 442. The molecule has 0 aromatic rings.